The summed E-state index contributed by atoms with van der Waals surface area (Å²) >= 11 is 2.88. The second-order valence-corrected chi connectivity index (χ2v) is 6.88. The largest absolute Gasteiger partial charge is 0.416 e. The Bertz CT molecular complexity index is 560. The van der Waals surface area contributed by atoms with Gasteiger partial charge in [0.25, 0.3) is 0 Å². The van der Waals surface area contributed by atoms with Gasteiger partial charge in [0.05, 0.1) is 17.9 Å². The summed E-state index contributed by atoms with van der Waals surface area (Å²) in [6, 6.07) is 2.73. The van der Waals surface area contributed by atoms with Crippen LogP contribution in [0, 0.1) is 0 Å². The van der Waals surface area contributed by atoms with Crippen LogP contribution in [0.25, 0.3) is 0 Å². The lowest BCUT2D eigenvalue weighted by atomic mass is 10.2. The molecule has 0 radical (unpaired) electrons. The molecule has 0 amide bonds. The second kappa shape index (κ2) is 5.68. The van der Waals surface area contributed by atoms with Crippen LogP contribution in [0.2, 0.25) is 0 Å². The normalized spacial score (nSPS) is 14.2. The lowest BCUT2D eigenvalue weighted by Gasteiger charge is -2.14. The molecular formula is C10H11BrF3NO3S. The molecule has 9 heteroatoms. The Hall–Kier alpha value is -0.800. The Labute approximate surface area is 116 Å². The Kier molecular flexibility index (Phi) is 4.86. The van der Waals surface area contributed by atoms with Crippen molar-refractivity contribution in [3.05, 3.63) is 28.2 Å². The van der Waals surface area contributed by atoms with Crippen LogP contribution in [0.15, 0.2) is 22.7 Å². The second-order valence-electron chi connectivity index (χ2n) is 3.87. The summed E-state index contributed by atoms with van der Waals surface area (Å²) in [5.41, 5.74) is -1.20. The summed E-state index contributed by atoms with van der Waals surface area (Å²) < 4.78 is 63.1. The molecule has 1 unspecified atom stereocenters. The van der Waals surface area contributed by atoms with Crippen molar-refractivity contribution in [3.8, 4) is 0 Å². The van der Waals surface area contributed by atoms with Crippen LogP contribution in [0.5, 0.6) is 0 Å². The van der Waals surface area contributed by atoms with Gasteiger partial charge in [-0.15, -0.1) is 0 Å². The Morgan fingerprint density at radius 2 is 1.95 bits per heavy atom. The average molecular weight is 362 g/mol. The van der Waals surface area contributed by atoms with E-state index in [-0.39, 0.29) is 10.2 Å². The molecule has 0 bridgehead atoms. The maximum atomic E-state index is 12.6. The van der Waals surface area contributed by atoms with Crippen molar-refractivity contribution in [2.24, 2.45) is 0 Å². The first-order valence-corrected chi connectivity index (χ1v) is 7.40. The molecule has 1 aromatic rings. The number of benzene rings is 1. The van der Waals surface area contributed by atoms with E-state index < -0.39 is 33.6 Å². The molecule has 4 nitrogen and oxygen atoms in total. The number of anilines is 1. The van der Waals surface area contributed by atoms with Crippen molar-refractivity contribution in [1.29, 1.82) is 0 Å². The monoisotopic (exact) mass is 361 g/mol. The molecule has 0 saturated carbocycles. The molecule has 2 N–H and O–H groups in total. The number of aliphatic hydroxyl groups is 1. The van der Waals surface area contributed by atoms with Crippen LogP contribution in [-0.2, 0) is 16.2 Å². The third-order valence-electron chi connectivity index (χ3n) is 2.27. The van der Waals surface area contributed by atoms with Gasteiger partial charge < -0.3 is 5.11 Å². The van der Waals surface area contributed by atoms with Crippen LogP contribution < -0.4 is 4.72 Å². The zero-order chi connectivity index (χ0) is 14.8. The summed E-state index contributed by atoms with van der Waals surface area (Å²) in [7, 11) is -3.93. The van der Waals surface area contributed by atoms with E-state index in [4.69, 9.17) is 5.11 Å². The molecule has 0 aliphatic heterocycles. The first kappa shape index (κ1) is 16.3. The maximum absolute atomic E-state index is 12.6. The maximum Gasteiger partial charge on any atom is 0.416 e. The van der Waals surface area contributed by atoms with Gasteiger partial charge in [-0.2, -0.15) is 13.2 Å². The van der Waals surface area contributed by atoms with Gasteiger partial charge in [0, 0.05) is 4.47 Å². The van der Waals surface area contributed by atoms with E-state index in [1.165, 1.54) is 13.0 Å². The molecule has 0 saturated heterocycles. The number of alkyl halides is 3. The number of hydrogen-bond acceptors (Lipinski definition) is 3. The van der Waals surface area contributed by atoms with Gasteiger partial charge in [-0.3, -0.25) is 4.72 Å². The third-order valence-corrected chi connectivity index (χ3v) is 4.46. The molecule has 0 aromatic heterocycles. The average Bonchev–Trinajstić information content (AvgIpc) is 2.25. The highest BCUT2D eigenvalue weighted by atomic mass is 79.9. The van der Waals surface area contributed by atoms with E-state index >= 15 is 0 Å². The molecule has 1 aromatic carbocycles. The fraction of sp³-hybridized carbons (Fsp3) is 0.400. The van der Waals surface area contributed by atoms with Crippen LogP contribution in [0.1, 0.15) is 12.5 Å². The Morgan fingerprint density at radius 1 is 1.37 bits per heavy atom. The van der Waals surface area contributed by atoms with Gasteiger partial charge in [-0.05, 0) is 25.1 Å². The van der Waals surface area contributed by atoms with Crippen molar-refractivity contribution < 1.29 is 26.7 Å². The van der Waals surface area contributed by atoms with Gasteiger partial charge in [0.2, 0.25) is 10.0 Å². The summed E-state index contributed by atoms with van der Waals surface area (Å²) in [5.74, 6) is 0. The molecule has 1 atom stereocenters. The predicted molar refractivity (Wildman–Crippen MR) is 68.2 cm³/mol. The SMILES string of the molecule is CC(CO)S(=O)(=O)Nc1cc(Br)cc(C(F)(F)F)c1. The van der Waals surface area contributed by atoms with Crippen LogP contribution in [-0.4, -0.2) is 25.4 Å². The van der Waals surface area contributed by atoms with Crippen molar-refractivity contribution in [2.45, 2.75) is 18.3 Å². The van der Waals surface area contributed by atoms with Crippen molar-refractivity contribution in [3.63, 3.8) is 0 Å². The highest BCUT2D eigenvalue weighted by Gasteiger charge is 2.31. The minimum atomic E-state index is -4.58. The Morgan fingerprint density at radius 3 is 2.42 bits per heavy atom. The van der Waals surface area contributed by atoms with Crippen molar-refractivity contribution >= 4 is 31.6 Å². The standard InChI is InChI=1S/C10H11BrF3NO3S/c1-6(5-16)19(17,18)15-9-3-7(10(12,13)14)2-8(11)4-9/h2-4,6,15-16H,5H2,1H3. The molecule has 1 rings (SSSR count). The lowest BCUT2D eigenvalue weighted by Crippen LogP contribution is -2.28. The third kappa shape index (κ3) is 4.36. The highest BCUT2D eigenvalue weighted by molar-refractivity contribution is 9.10. The number of nitrogens with one attached hydrogen (secondary N) is 1. The van der Waals surface area contributed by atoms with Crippen molar-refractivity contribution in [1.82, 2.24) is 0 Å². The van der Waals surface area contributed by atoms with Gasteiger partial charge in [-0.1, -0.05) is 15.9 Å². The van der Waals surface area contributed by atoms with E-state index in [0.717, 1.165) is 6.07 Å². The van der Waals surface area contributed by atoms with E-state index in [1.807, 2.05) is 4.72 Å². The van der Waals surface area contributed by atoms with E-state index in [1.54, 1.807) is 0 Å². The molecule has 0 aliphatic carbocycles. The van der Waals surface area contributed by atoms with E-state index in [0.29, 0.717) is 6.07 Å². The molecule has 0 aliphatic rings. The summed E-state index contributed by atoms with van der Waals surface area (Å²) in [5, 5.41) is 7.65. The highest BCUT2D eigenvalue weighted by Crippen LogP contribution is 2.33. The molecular weight excluding hydrogens is 351 g/mol. The van der Waals surface area contributed by atoms with Crippen LogP contribution in [0.4, 0.5) is 18.9 Å². The minimum Gasteiger partial charge on any atom is -0.395 e. The number of rotatable bonds is 4. The Balaban J connectivity index is 3.13. The smallest absolute Gasteiger partial charge is 0.395 e. The predicted octanol–water partition coefficient (Wildman–Crippen LogP) is 2.59. The van der Waals surface area contributed by atoms with Crippen LogP contribution in [0.3, 0.4) is 0 Å². The van der Waals surface area contributed by atoms with Crippen molar-refractivity contribution in [2.75, 3.05) is 11.3 Å². The topological polar surface area (TPSA) is 66.4 Å². The molecule has 0 spiro atoms. The van der Waals surface area contributed by atoms with E-state index in [2.05, 4.69) is 15.9 Å². The van der Waals surface area contributed by atoms with Gasteiger partial charge in [0.15, 0.2) is 0 Å². The molecule has 108 valence electrons. The zero-order valence-corrected chi connectivity index (χ0v) is 12.1. The first-order chi connectivity index (χ1) is 8.56. The summed E-state index contributed by atoms with van der Waals surface area (Å²) in [6.45, 7) is 0.612. The fourth-order valence-corrected chi connectivity index (χ4v) is 2.51. The molecule has 19 heavy (non-hydrogen) atoms. The summed E-state index contributed by atoms with van der Waals surface area (Å²) in [4.78, 5) is 0. The lowest BCUT2D eigenvalue weighted by molar-refractivity contribution is -0.137. The molecule has 0 fully saturated rings. The summed E-state index contributed by atoms with van der Waals surface area (Å²) in [6.07, 6.45) is -4.58. The quantitative estimate of drug-likeness (QED) is 0.866. The molecule has 0 heterocycles. The number of halogens is 4. The first-order valence-electron chi connectivity index (χ1n) is 5.06. The van der Waals surface area contributed by atoms with Gasteiger partial charge in [0.1, 0.15) is 5.25 Å². The van der Waals surface area contributed by atoms with E-state index in [9.17, 15) is 21.6 Å². The number of aliphatic hydroxyl groups excluding tert-OH is 1. The minimum absolute atomic E-state index is 0.0941. The van der Waals surface area contributed by atoms with Crippen LogP contribution >= 0.6 is 15.9 Å². The fourth-order valence-electron chi connectivity index (χ4n) is 1.18. The van der Waals surface area contributed by atoms with Gasteiger partial charge in [-0.25, -0.2) is 8.42 Å². The van der Waals surface area contributed by atoms with Gasteiger partial charge >= 0.3 is 6.18 Å². The number of sulfonamides is 1. The number of hydrogen-bond donors (Lipinski definition) is 2. The zero-order valence-electron chi connectivity index (χ0n) is 9.70.